The summed E-state index contributed by atoms with van der Waals surface area (Å²) >= 11 is 0. The summed E-state index contributed by atoms with van der Waals surface area (Å²) in [5.41, 5.74) is 0. The normalized spacial score (nSPS) is 9.85. The molecular formula is C14H19NO5. The van der Waals surface area contributed by atoms with Crippen LogP contribution in [0.5, 0.6) is 11.5 Å². The molecule has 0 unspecified atom stereocenters. The van der Waals surface area contributed by atoms with Crippen molar-refractivity contribution in [2.45, 2.75) is 19.3 Å². The fourth-order valence-corrected chi connectivity index (χ4v) is 1.55. The van der Waals surface area contributed by atoms with E-state index in [0.717, 1.165) is 0 Å². The number of hydrogen-bond donors (Lipinski definition) is 2. The second-order valence-electron chi connectivity index (χ2n) is 4.10. The maximum Gasteiger partial charge on any atom is 0.303 e. The van der Waals surface area contributed by atoms with Gasteiger partial charge in [-0.05, 0) is 18.6 Å². The van der Waals surface area contributed by atoms with E-state index < -0.39 is 5.97 Å². The molecule has 0 atom stereocenters. The third-order valence-corrected chi connectivity index (χ3v) is 2.55. The van der Waals surface area contributed by atoms with Crippen LogP contribution >= 0.6 is 0 Å². The molecule has 0 aliphatic rings. The summed E-state index contributed by atoms with van der Waals surface area (Å²) in [6.45, 7) is 0.602. The lowest BCUT2D eigenvalue weighted by molar-refractivity contribution is -0.137. The maximum atomic E-state index is 11.5. The van der Waals surface area contributed by atoms with Crippen LogP contribution in [0.25, 0.3) is 0 Å². The summed E-state index contributed by atoms with van der Waals surface area (Å²) in [6, 6.07) is 7.20. The third-order valence-electron chi connectivity index (χ3n) is 2.55. The number of methoxy groups -OCH3 is 1. The average Bonchev–Trinajstić information content (AvgIpc) is 2.44. The third kappa shape index (κ3) is 6.08. The molecule has 1 aromatic rings. The number of hydrogen-bond acceptors (Lipinski definition) is 4. The van der Waals surface area contributed by atoms with Crippen LogP contribution in [0.4, 0.5) is 0 Å². The summed E-state index contributed by atoms with van der Waals surface area (Å²) in [5.74, 6) is 0.187. The zero-order valence-electron chi connectivity index (χ0n) is 11.4. The molecule has 0 spiro atoms. The number of carbonyl (C=O) groups is 2. The molecule has 0 aliphatic carbocycles. The van der Waals surface area contributed by atoms with Crippen LogP contribution < -0.4 is 14.8 Å². The highest BCUT2D eigenvalue weighted by Gasteiger charge is 2.05. The Morgan fingerprint density at radius 1 is 1.20 bits per heavy atom. The van der Waals surface area contributed by atoms with Crippen LogP contribution in [0.15, 0.2) is 24.3 Å². The first-order valence-electron chi connectivity index (χ1n) is 6.38. The minimum atomic E-state index is -0.862. The maximum absolute atomic E-state index is 11.5. The number of carbonyl (C=O) groups excluding carboxylic acids is 1. The lowest BCUT2D eigenvalue weighted by Crippen LogP contribution is -2.26. The molecule has 0 saturated carbocycles. The van der Waals surface area contributed by atoms with Gasteiger partial charge in [0.2, 0.25) is 5.91 Å². The summed E-state index contributed by atoms with van der Waals surface area (Å²) < 4.78 is 10.6. The van der Waals surface area contributed by atoms with Crippen LogP contribution in [-0.4, -0.2) is 37.2 Å². The molecule has 0 bridgehead atoms. The molecule has 0 radical (unpaired) electrons. The van der Waals surface area contributed by atoms with Gasteiger partial charge >= 0.3 is 5.97 Å². The van der Waals surface area contributed by atoms with Crippen molar-refractivity contribution in [2.75, 3.05) is 20.3 Å². The molecule has 110 valence electrons. The summed E-state index contributed by atoms with van der Waals surface area (Å²) in [5, 5.41) is 11.1. The summed E-state index contributed by atoms with van der Waals surface area (Å²) in [6.07, 6.45) is 0.692. The van der Waals surface area contributed by atoms with E-state index in [-0.39, 0.29) is 25.4 Å². The van der Waals surface area contributed by atoms with Gasteiger partial charge in [-0.15, -0.1) is 0 Å². The van der Waals surface area contributed by atoms with Gasteiger partial charge in [-0.2, -0.15) is 0 Å². The minimum absolute atomic E-state index is 0.0536. The van der Waals surface area contributed by atoms with Crippen LogP contribution in [0, 0.1) is 0 Å². The molecule has 1 amide bonds. The van der Waals surface area contributed by atoms with E-state index in [4.69, 9.17) is 14.6 Å². The zero-order chi connectivity index (χ0) is 14.8. The van der Waals surface area contributed by atoms with Gasteiger partial charge in [0, 0.05) is 13.0 Å². The standard InChI is InChI=1S/C14H19NO5/c1-19-11-5-2-3-6-12(11)20-10-8-13(16)15-9-4-7-14(17)18/h2-3,5-6H,4,7-10H2,1H3,(H,15,16)(H,17,18). The molecule has 0 aliphatic heterocycles. The molecule has 2 N–H and O–H groups in total. The number of carboxylic acid groups (broad SMARTS) is 1. The second-order valence-corrected chi connectivity index (χ2v) is 4.10. The number of para-hydroxylation sites is 2. The first-order valence-corrected chi connectivity index (χ1v) is 6.38. The molecule has 1 rings (SSSR count). The first-order chi connectivity index (χ1) is 9.63. The molecule has 6 heteroatoms. The molecular weight excluding hydrogens is 262 g/mol. The lowest BCUT2D eigenvalue weighted by atomic mass is 10.3. The molecule has 1 aromatic carbocycles. The SMILES string of the molecule is COc1ccccc1OCCC(=O)NCCCC(=O)O. The van der Waals surface area contributed by atoms with Gasteiger partial charge in [0.25, 0.3) is 0 Å². The molecule has 0 fully saturated rings. The van der Waals surface area contributed by atoms with E-state index in [0.29, 0.717) is 24.5 Å². The monoisotopic (exact) mass is 281 g/mol. The van der Waals surface area contributed by atoms with Crippen molar-refractivity contribution in [3.05, 3.63) is 24.3 Å². The number of amides is 1. The van der Waals surface area contributed by atoms with Crippen molar-refractivity contribution < 1.29 is 24.2 Å². The Morgan fingerprint density at radius 2 is 1.90 bits per heavy atom. The molecule has 0 saturated heterocycles. The van der Waals surface area contributed by atoms with Crippen molar-refractivity contribution in [3.8, 4) is 11.5 Å². The van der Waals surface area contributed by atoms with E-state index >= 15 is 0 Å². The van der Waals surface area contributed by atoms with Crippen LogP contribution in [0.1, 0.15) is 19.3 Å². The van der Waals surface area contributed by atoms with Crippen molar-refractivity contribution in [1.82, 2.24) is 5.32 Å². The minimum Gasteiger partial charge on any atom is -0.493 e. The van der Waals surface area contributed by atoms with E-state index in [1.54, 1.807) is 19.2 Å². The highest BCUT2D eigenvalue weighted by Crippen LogP contribution is 2.25. The Labute approximate surface area is 117 Å². The quantitative estimate of drug-likeness (QED) is 0.669. The molecule has 20 heavy (non-hydrogen) atoms. The Morgan fingerprint density at radius 3 is 2.55 bits per heavy atom. The smallest absolute Gasteiger partial charge is 0.303 e. The van der Waals surface area contributed by atoms with Crippen LogP contribution in [0.3, 0.4) is 0 Å². The van der Waals surface area contributed by atoms with Crippen molar-refractivity contribution in [2.24, 2.45) is 0 Å². The number of aliphatic carboxylic acids is 1. The average molecular weight is 281 g/mol. The van der Waals surface area contributed by atoms with E-state index in [1.807, 2.05) is 12.1 Å². The summed E-state index contributed by atoms with van der Waals surface area (Å²) in [7, 11) is 1.55. The van der Waals surface area contributed by atoms with Gasteiger partial charge < -0.3 is 19.9 Å². The fourth-order valence-electron chi connectivity index (χ4n) is 1.55. The fraction of sp³-hybridized carbons (Fsp3) is 0.429. The Balaban J connectivity index is 2.20. The Hall–Kier alpha value is -2.24. The van der Waals surface area contributed by atoms with Gasteiger partial charge in [-0.1, -0.05) is 12.1 Å². The van der Waals surface area contributed by atoms with Crippen molar-refractivity contribution in [3.63, 3.8) is 0 Å². The van der Waals surface area contributed by atoms with Crippen molar-refractivity contribution >= 4 is 11.9 Å². The van der Waals surface area contributed by atoms with Gasteiger partial charge in [-0.25, -0.2) is 0 Å². The highest BCUT2D eigenvalue weighted by atomic mass is 16.5. The van der Waals surface area contributed by atoms with Gasteiger partial charge in [0.05, 0.1) is 20.1 Å². The number of nitrogens with one attached hydrogen (secondary N) is 1. The highest BCUT2D eigenvalue weighted by molar-refractivity contribution is 5.76. The zero-order valence-corrected chi connectivity index (χ0v) is 11.4. The Kier molecular flexibility index (Phi) is 6.95. The number of benzene rings is 1. The largest absolute Gasteiger partial charge is 0.493 e. The van der Waals surface area contributed by atoms with E-state index in [1.165, 1.54) is 0 Å². The predicted molar refractivity (Wildman–Crippen MR) is 73.0 cm³/mol. The van der Waals surface area contributed by atoms with Crippen LogP contribution in [0.2, 0.25) is 0 Å². The Bertz CT molecular complexity index is 447. The lowest BCUT2D eigenvalue weighted by Gasteiger charge is -2.10. The molecule has 0 aromatic heterocycles. The van der Waals surface area contributed by atoms with Gasteiger partial charge in [0.1, 0.15) is 0 Å². The number of rotatable bonds is 9. The first kappa shape index (κ1) is 15.8. The van der Waals surface area contributed by atoms with Crippen LogP contribution in [-0.2, 0) is 9.59 Å². The van der Waals surface area contributed by atoms with Crippen molar-refractivity contribution in [1.29, 1.82) is 0 Å². The second kappa shape index (κ2) is 8.79. The summed E-state index contributed by atoms with van der Waals surface area (Å²) in [4.78, 5) is 21.8. The topological polar surface area (TPSA) is 84.9 Å². The van der Waals surface area contributed by atoms with E-state index in [9.17, 15) is 9.59 Å². The molecule has 0 heterocycles. The van der Waals surface area contributed by atoms with E-state index in [2.05, 4.69) is 5.32 Å². The van der Waals surface area contributed by atoms with Gasteiger partial charge in [-0.3, -0.25) is 9.59 Å². The molecule has 6 nitrogen and oxygen atoms in total. The predicted octanol–water partition coefficient (Wildman–Crippen LogP) is 1.45. The number of carboxylic acids is 1. The number of ether oxygens (including phenoxy) is 2. The van der Waals surface area contributed by atoms with Gasteiger partial charge in [0.15, 0.2) is 11.5 Å².